The molecule has 0 aliphatic carbocycles. The fourth-order valence-corrected chi connectivity index (χ4v) is 3.60. The molecule has 0 fully saturated rings. The maximum Gasteiger partial charge on any atom is 0.332 e. The lowest BCUT2D eigenvalue weighted by atomic mass is 10.4. The first kappa shape index (κ1) is 14.5. The first-order valence-electron chi connectivity index (χ1n) is 6.23. The zero-order valence-corrected chi connectivity index (χ0v) is 12.0. The van der Waals surface area contributed by atoms with Crippen LogP contribution >= 0.6 is 0 Å². The number of sulfone groups is 1. The molecule has 1 amide bonds. The molecular formula is C11H15N3O5S. The second-order valence-corrected chi connectivity index (χ2v) is 6.40. The molecule has 9 heteroatoms. The minimum Gasteiger partial charge on any atom is -0.310 e. The number of anilines is 1. The summed E-state index contributed by atoms with van der Waals surface area (Å²) in [6, 6.07) is 0. The maximum atomic E-state index is 12.2. The summed E-state index contributed by atoms with van der Waals surface area (Å²) in [6.45, 7) is 3.67. The molecule has 2 heterocycles. The topological polar surface area (TPSA) is 107 Å². The number of nitrogens with one attached hydrogen (secondary N) is 1. The Morgan fingerprint density at radius 3 is 2.35 bits per heavy atom. The highest BCUT2D eigenvalue weighted by atomic mass is 32.2. The summed E-state index contributed by atoms with van der Waals surface area (Å²) in [5.74, 6) is -1.72. The predicted molar refractivity (Wildman–Crippen MR) is 71.6 cm³/mol. The molecule has 1 aliphatic heterocycles. The summed E-state index contributed by atoms with van der Waals surface area (Å²) in [5.41, 5.74) is -1.49. The average Bonchev–Trinajstić information content (AvgIpc) is 2.32. The summed E-state index contributed by atoms with van der Waals surface area (Å²) in [5, 5.41) is 2.33. The number of carbonyl (C=O) groups excluding carboxylic acids is 1. The van der Waals surface area contributed by atoms with Gasteiger partial charge in [0.05, 0.1) is 0 Å². The number of rotatable bonds is 3. The van der Waals surface area contributed by atoms with Gasteiger partial charge >= 0.3 is 5.69 Å². The molecule has 20 heavy (non-hydrogen) atoms. The van der Waals surface area contributed by atoms with Crippen LogP contribution in [-0.2, 0) is 27.7 Å². The van der Waals surface area contributed by atoms with Gasteiger partial charge in [-0.15, -0.1) is 0 Å². The number of amides is 1. The van der Waals surface area contributed by atoms with Gasteiger partial charge in [-0.3, -0.25) is 18.7 Å². The number of fused-ring (bicyclic) bond motifs is 1. The van der Waals surface area contributed by atoms with Crippen molar-refractivity contribution < 1.29 is 13.2 Å². The van der Waals surface area contributed by atoms with Crippen LogP contribution in [0, 0.1) is 0 Å². The van der Waals surface area contributed by atoms with E-state index in [-0.39, 0.29) is 18.9 Å². The normalized spacial score (nSPS) is 16.6. The maximum absolute atomic E-state index is 12.2. The van der Waals surface area contributed by atoms with Gasteiger partial charge in [0.25, 0.3) is 5.56 Å². The Kier molecular flexibility index (Phi) is 3.55. The van der Waals surface area contributed by atoms with Gasteiger partial charge in [0.1, 0.15) is 11.6 Å². The van der Waals surface area contributed by atoms with E-state index in [4.69, 9.17) is 0 Å². The molecule has 8 nitrogen and oxygen atoms in total. The zero-order valence-electron chi connectivity index (χ0n) is 11.2. The summed E-state index contributed by atoms with van der Waals surface area (Å²) in [6.07, 6.45) is 0.560. The van der Waals surface area contributed by atoms with E-state index in [2.05, 4.69) is 5.32 Å². The summed E-state index contributed by atoms with van der Waals surface area (Å²) in [4.78, 5) is 35.3. The van der Waals surface area contributed by atoms with E-state index in [0.717, 1.165) is 9.13 Å². The molecule has 0 spiro atoms. The van der Waals surface area contributed by atoms with Crippen molar-refractivity contribution >= 4 is 21.6 Å². The number of nitrogens with zero attached hydrogens (tertiary/aromatic N) is 2. The van der Waals surface area contributed by atoms with Crippen molar-refractivity contribution in [1.29, 1.82) is 0 Å². The Hall–Kier alpha value is -1.90. The fourth-order valence-electron chi connectivity index (χ4n) is 2.20. The second-order valence-electron chi connectivity index (χ2n) is 4.47. The Morgan fingerprint density at radius 1 is 1.15 bits per heavy atom. The van der Waals surface area contributed by atoms with Crippen molar-refractivity contribution in [3.63, 3.8) is 0 Å². The lowest BCUT2D eigenvalue weighted by Gasteiger charge is -2.22. The fraction of sp³-hybridized carbons (Fsp3) is 0.545. The zero-order chi connectivity index (χ0) is 15.1. The van der Waals surface area contributed by atoms with Crippen molar-refractivity contribution in [3.05, 3.63) is 20.8 Å². The molecular weight excluding hydrogens is 286 g/mol. The molecule has 1 aromatic heterocycles. The van der Waals surface area contributed by atoms with E-state index in [1.54, 1.807) is 13.8 Å². The molecule has 0 unspecified atom stereocenters. The van der Waals surface area contributed by atoms with Crippen LogP contribution in [-0.4, -0.2) is 29.2 Å². The number of carbonyl (C=O) groups is 1. The Morgan fingerprint density at radius 2 is 1.80 bits per heavy atom. The predicted octanol–water partition coefficient (Wildman–Crippen LogP) is -0.834. The van der Waals surface area contributed by atoms with Crippen molar-refractivity contribution in [2.45, 2.75) is 38.3 Å². The van der Waals surface area contributed by atoms with Crippen LogP contribution in [0.2, 0.25) is 0 Å². The number of aromatic nitrogens is 2. The number of hydrogen-bond donors (Lipinski definition) is 1. The largest absolute Gasteiger partial charge is 0.332 e. The van der Waals surface area contributed by atoms with Gasteiger partial charge in [-0.25, -0.2) is 13.2 Å². The summed E-state index contributed by atoms with van der Waals surface area (Å²) in [7, 11) is -4.02. The van der Waals surface area contributed by atoms with Crippen molar-refractivity contribution in [1.82, 2.24) is 9.13 Å². The molecule has 0 bridgehead atoms. The average molecular weight is 301 g/mol. The molecule has 0 saturated heterocycles. The van der Waals surface area contributed by atoms with Gasteiger partial charge in [-0.2, -0.15) is 0 Å². The van der Waals surface area contributed by atoms with Crippen LogP contribution in [0.3, 0.4) is 0 Å². The van der Waals surface area contributed by atoms with Crippen LogP contribution < -0.4 is 16.6 Å². The van der Waals surface area contributed by atoms with Crippen molar-refractivity contribution in [3.8, 4) is 0 Å². The van der Waals surface area contributed by atoms with E-state index in [1.165, 1.54) is 0 Å². The van der Waals surface area contributed by atoms with Crippen LogP contribution in [0.15, 0.2) is 14.5 Å². The standard InChI is InChI=1S/C11H15N3O5S/c1-3-5-14-9-8(10(16)13(4-2)11(14)17)20(18,19)6-7(15)12-9/h3-6H2,1-2H3,(H,12,15). The third-order valence-electron chi connectivity index (χ3n) is 3.04. The van der Waals surface area contributed by atoms with Crippen LogP contribution in [0.4, 0.5) is 5.82 Å². The van der Waals surface area contributed by atoms with Crippen molar-refractivity contribution in [2.75, 3.05) is 11.1 Å². The monoisotopic (exact) mass is 301 g/mol. The molecule has 1 N–H and O–H groups in total. The van der Waals surface area contributed by atoms with Crippen LogP contribution in [0.25, 0.3) is 0 Å². The molecule has 1 aliphatic rings. The van der Waals surface area contributed by atoms with E-state index in [9.17, 15) is 22.8 Å². The summed E-state index contributed by atoms with van der Waals surface area (Å²) < 4.78 is 26.1. The summed E-state index contributed by atoms with van der Waals surface area (Å²) >= 11 is 0. The van der Waals surface area contributed by atoms with Gasteiger partial charge in [-0.05, 0) is 13.3 Å². The lowest BCUT2D eigenvalue weighted by Crippen LogP contribution is -2.47. The Balaban J connectivity index is 2.97. The minimum atomic E-state index is -4.02. The third kappa shape index (κ3) is 2.07. The van der Waals surface area contributed by atoms with Gasteiger partial charge < -0.3 is 5.32 Å². The molecule has 0 atom stereocenters. The second kappa shape index (κ2) is 4.89. The van der Waals surface area contributed by atoms with Gasteiger partial charge in [0.15, 0.2) is 14.7 Å². The number of hydrogen-bond acceptors (Lipinski definition) is 5. The third-order valence-corrected chi connectivity index (χ3v) is 4.67. The van der Waals surface area contributed by atoms with Crippen molar-refractivity contribution in [2.24, 2.45) is 0 Å². The Bertz CT molecular complexity index is 788. The highest BCUT2D eigenvalue weighted by molar-refractivity contribution is 7.92. The van der Waals surface area contributed by atoms with Gasteiger partial charge in [0.2, 0.25) is 5.91 Å². The highest BCUT2D eigenvalue weighted by Gasteiger charge is 2.35. The van der Waals surface area contributed by atoms with Crippen LogP contribution in [0.1, 0.15) is 20.3 Å². The van der Waals surface area contributed by atoms with E-state index in [0.29, 0.717) is 6.42 Å². The SMILES string of the molecule is CCCn1c2c(c(=O)n(CC)c1=O)S(=O)(=O)CC(=O)N2. The molecule has 0 saturated carbocycles. The van der Waals surface area contributed by atoms with Gasteiger partial charge in [-0.1, -0.05) is 6.92 Å². The lowest BCUT2D eigenvalue weighted by molar-refractivity contribution is -0.114. The van der Waals surface area contributed by atoms with Gasteiger partial charge in [0, 0.05) is 13.1 Å². The molecule has 0 aromatic carbocycles. The smallest absolute Gasteiger partial charge is 0.310 e. The van der Waals surface area contributed by atoms with Crippen LogP contribution in [0.5, 0.6) is 0 Å². The van der Waals surface area contributed by atoms with E-state index >= 15 is 0 Å². The first-order chi connectivity index (χ1) is 9.33. The molecule has 110 valence electrons. The molecule has 0 radical (unpaired) electrons. The quantitative estimate of drug-likeness (QED) is 0.783. The molecule has 1 aromatic rings. The Labute approximate surface area is 114 Å². The molecule has 2 rings (SSSR count). The van der Waals surface area contributed by atoms with E-state index < -0.39 is 37.6 Å². The first-order valence-corrected chi connectivity index (χ1v) is 7.89. The highest BCUT2D eigenvalue weighted by Crippen LogP contribution is 2.22. The minimum absolute atomic E-state index is 0.0676. The van der Waals surface area contributed by atoms with E-state index in [1.807, 2.05) is 0 Å².